The van der Waals surface area contributed by atoms with Crippen molar-refractivity contribution in [2.75, 3.05) is 12.4 Å². The van der Waals surface area contributed by atoms with Gasteiger partial charge in [0.2, 0.25) is 5.88 Å². The maximum atomic E-state index is 12.4. The highest BCUT2D eigenvalue weighted by atomic mass is 16.5. The van der Waals surface area contributed by atoms with Crippen molar-refractivity contribution in [1.29, 1.82) is 0 Å². The summed E-state index contributed by atoms with van der Waals surface area (Å²) in [5.41, 5.74) is 1.93. The minimum Gasteiger partial charge on any atom is -0.497 e. The highest BCUT2D eigenvalue weighted by Gasteiger charge is 2.08. The molecule has 0 saturated carbocycles. The van der Waals surface area contributed by atoms with Gasteiger partial charge < -0.3 is 25.4 Å². The van der Waals surface area contributed by atoms with E-state index in [4.69, 9.17) is 9.47 Å². The average molecular weight is 434 g/mol. The molecule has 0 atom stereocenters. The molecule has 3 aromatic rings. The van der Waals surface area contributed by atoms with E-state index >= 15 is 0 Å². The fraction of sp³-hybridized carbons (Fsp3) is 0.208. The van der Waals surface area contributed by atoms with Gasteiger partial charge in [-0.2, -0.15) is 0 Å². The molecular weight excluding hydrogens is 408 g/mol. The van der Waals surface area contributed by atoms with Gasteiger partial charge in [0.05, 0.1) is 7.11 Å². The Labute approximate surface area is 187 Å². The molecule has 1 aromatic heterocycles. The van der Waals surface area contributed by atoms with Crippen LogP contribution in [0.1, 0.15) is 29.8 Å². The normalized spacial score (nSPS) is 10.4. The number of aromatic nitrogens is 1. The first-order valence-corrected chi connectivity index (χ1v) is 10.2. The number of amides is 3. The van der Waals surface area contributed by atoms with E-state index in [-0.39, 0.29) is 18.0 Å². The minimum atomic E-state index is -0.288. The fourth-order valence-electron chi connectivity index (χ4n) is 2.78. The highest BCUT2D eigenvalue weighted by molar-refractivity contribution is 5.95. The number of pyridine rings is 1. The summed E-state index contributed by atoms with van der Waals surface area (Å²) >= 11 is 0. The zero-order valence-electron chi connectivity index (χ0n) is 18.2. The third-order valence-corrected chi connectivity index (χ3v) is 4.34. The molecule has 166 valence electrons. The first kappa shape index (κ1) is 22.6. The van der Waals surface area contributed by atoms with Gasteiger partial charge in [-0.3, -0.25) is 4.79 Å². The van der Waals surface area contributed by atoms with Crippen molar-refractivity contribution >= 4 is 17.6 Å². The maximum absolute atomic E-state index is 12.4. The Morgan fingerprint density at radius 1 is 1.00 bits per heavy atom. The highest BCUT2D eigenvalue weighted by Crippen LogP contribution is 2.23. The molecule has 32 heavy (non-hydrogen) atoms. The van der Waals surface area contributed by atoms with E-state index in [1.165, 1.54) is 0 Å². The van der Waals surface area contributed by atoms with Gasteiger partial charge in [0.1, 0.15) is 11.5 Å². The molecule has 0 unspecified atom stereocenters. The molecule has 0 spiro atoms. The largest absolute Gasteiger partial charge is 0.497 e. The van der Waals surface area contributed by atoms with E-state index in [2.05, 4.69) is 20.9 Å². The Hall–Kier alpha value is -4.07. The molecule has 0 bridgehead atoms. The number of carbonyl (C=O) groups excluding carboxylic acids is 2. The first-order chi connectivity index (χ1) is 15.4. The third kappa shape index (κ3) is 6.73. The minimum absolute atomic E-state index is 0.0389. The predicted molar refractivity (Wildman–Crippen MR) is 122 cm³/mol. The molecule has 1 heterocycles. The van der Waals surface area contributed by atoms with Crippen molar-refractivity contribution in [1.82, 2.24) is 15.6 Å². The molecule has 8 heteroatoms. The zero-order valence-corrected chi connectivity index (χ0v) is 18.2. The number of rotatable bonds is 8. The quantitative estimate of drug-likeness (QED) is 0.489. The second kappa shape index (κ2) is 10.8. The van der Waals surface area contributed by atoms with Crippen molar-refractivity contribution in [2.24, 2.45) is 0 Å². The number of carbonyl (C=O) groups is 2. The van der Waals surface area contributed by atoms with Gasteiger partial charge in [-0.15, -0.1) is 0 Å². The molecule has 0 saturated heterocycles. The summed E-state index contributed by atoms with van der Waals surface area (Å²) in [6, 6.07) is 17.3. The Bertz CT molecular complexity index is 1050. The summed E-state index contributed by atoms with van der Waals surface area (Å²) in [5.74, 6) is 1.54. The van der Waals surface area contributed by atoms with E-state index in [0.717, 1.165) is 5.56 Å². The summed E-state index contributed by atoms with van der Waals surface area (Å²) in [6.45, 7) is 4.08. The lowest BCUT2D eigenvalue weighted by molar-refractivity contribution is 0.0951. The molecule has 2 aromatic carbocycles. The van der Waals surface area contributed by atoms with Crippen LogP contribution in [0.25, 0.3) is 0 Å². The van der Waals surface area contributed by atoms with Crippen LogP contribution in [0.2, 0.25) is 0 Å². The number of urea groups is 1. The van der Waals surface area contributed by atoms with Crippen LogP contribution in [-0.4, -0.2) is 30.1 Å². The SMILES string of the molecule is COc1cccc(Oc2ccc(CNC(=O)c3ccc(NC(=O)NC(C)C)cc3)cn2)c1. The lowest BCUT2D eigenvalue weighted by Crippen LogP contribution is -2.34. The summed E-state index contributed by atoms with van der Waals surface area (Å²) in [7, 11) is 1.60. The van der Waals surface area contributed by atoms with Gasteiger partial charge in [-0.05, 0) is 55.8 Å². The van der Waals surface area contributed by atoms with Crippen LogP contribution in [0, 0.1) is 0 Å². The van der Waals surface area contributed by atoms with Gasteiger partial charge in [-0.1, -0.05) is 12.1 Å². The molecule has 8 nitrogen and oxygen atoms in total. The molecule has 0 radical (unpaired) electrons. The summed E-state index contributed by atoms with van der Waals surface area (Å²) < 4.78 is 10.9. The van der Waals surface area contributed by atoms with Crippen LogP contribution in [0.15, 0.2) is 66.9 Å². The maximum Gasteiger partial charge on any atom is 0.319 e. The fourth-order valence-corrected chi connectivity index (χ4v) is 2.78. The standard InChI is InChI=1S/C24H26N4O4/c1-16(2)27-24(30)28-19-10-8-18(9-11-19)23(29)26-15-17-7-12-22(25-14-17)32-21-6-4-5-20(13-21)31-3/h4-14,16H,15H2,1-3H3,(H,26,29)(H2,27,28,30). The molecular formula is C24H26N4O4. The van der Waals surface area contributed by atoms with Crippen LogP contribution in [-0.2, 0) is 6.54 Å². The second-order valence-corrected chi connectivity index (χ2v) is 7.30. The Kier molecular flexibility index (Phi) is 7.64. The van der Waals surface area contributed by atoms with Crippen LogP contribution in [0.3, 0.4) is 0 Å². The third-order valence-electron chi connectivity index (χ3n) is 4.34. The van der Waals surface area contributed by atoms with Crippen molar-refractivity contribution in [2.45, 2.75) is 26.4 Å². The van der Waals surface area contributed by atoms with Crippen molar-refractivity contribution in [3.05, 3.63) is 78.0 Å². The Balaban J connectivity index is 1.50. The van der Waals surface area contributed by atoms with Crippen LogP contribution in [0.4, 0.5) is 10.5 Å². The second-order valence-electron chi connectivity index (χ2n) is 7.30. The van der Waals surface area contributed by atoms with Gasteiger partial charge in [-0.25, -0.2) is 9.78 Å². The number of nitrogens with zero attached hydrogens (tertiary/aromatic N) is 1. The number of anilines is 1. The summed E-state index contributed by atoms with van der Waals surface area (Å²) in [6.07, 6.45) is 1.65. The lowest BCUT2D eigenvalue weighted by Gasteiger charge is -2.11. The molecule has 0 fully saturated rings. The topological polar surface area (TPSA) is 102 Å². The summed E-state index contributed by atoms with van der Waals surface area (Å²) in [5, 5.41) is 8.31. The van der Waals surface area contributed by atoms with Gasteiger partial charge >= 0.3 is 6.03 Å². The van der Waals surface area contributed by atoms with Crippen molar-refractivity contribution < 1.29 is 19.1 Å². The van der Waals surface area contributed by atoms with E-state index < -0.39 is 0 Å². The monoisotopic (exact) mass is 434 g/mol. The number of benzene rings is 2. The number of hydrogen-bond acceptors (Lipinski definition) is 5. The van der Waals surface area contributed by atoms with E-state index in [1.54, 1.807) is 49.7 Å². The number of nitrogens with one attached hydrogen (secondary N) is 3. The van der Waals surface area contributed by atoms with Gasteiger partial charge in [0.25, 0.3) is 5.91 Å². The first-order valence-electron chi connectivity index (χ1n) is 10.2. The molecule has 3 N–H and O–H groups in total. The lowest BCUT2D eigenvalue weighted by atomic mass is 10.2. The molecule has 0 aliphatic rings. The van der Waals surface area contributed by atoms with Crippen LogP contribution < -0.4 is 25.4 Å². The number of methoxy groups -OCH3 is 1. The molecule has 3 rings (SSSR count). The predicted octanol–water partition coefficient (Wildman–Crippen LogP) is 4.34. The van der Waals surface area contributed by atoms with E-state index in [1.807, 2.05) is 38.1 Å². The van der Waals surface area contributed by atoms with Crippen LogP contribution >= 0.6 is 0 Å². The molecule has 0 aliphatic carbocycles. The molecule has 0 aliphatic heterocycles. The number of ether oxygens (including phenoxy) is 2. The van der Waals surface area contributed by atoms with Gasteiger partial charge in [0.15, 0.2) is 0 Å². The zero-order chi connectivity index (χ0) is 22.9. The Morgan fingerprint density at radius 3 is 2.41 bits per heavy atom. The van der Waals surface area contributed by atoms with Crippen molar-refractivity contribution in [3.63, 3.8) is 0 Å². The summed E-state index contributed by atoms with van der Waals surface area (Å²) in [4.78, 5) is 28.4. The Morgan fingerprint density at radius 2 is 1.75 bits per heavy atom. The van der Waals surface area contributed by atoms with E-state index in [0.29, 0.717) is 35.2 Å². The smallest absolute Gasteiger partial charge is 0.319 e. The van der Waals surface area contributed by atoms with Crippen LogP contribution in [0.5, 0.6) is 17.4 Å². The average Bonchev–Trinajstić information content (AvgIpc) is 2.78. The van der Waals surface area contributed by atoms with E-state index in [9.17, 15) is 9.59 Å². The van der Waals surface area contributed by atoms with Gasteiger partial charge in [0, 0.05) is 42.2 Å². The van der Waals surface area contributed by atoms with Crippen molar-refractivity contribution in [3.8, 4) is 17.4 Å². The molecule has 3 amide bonds. The number of hydrogen-bond donors (Lipinski definition) is 3.